The first kappa shape index (κ1) is 23.6. The Balaban J connectivity index is 1.48. The zero-order valence-electron chi connectivity index (χ0n) is 19.0. The van der Waals surface area contributed by atoms with Crippen molar-refractivity contribution in [1.29, 1.82) is 0 Å². The van der Waals surface area contributed by atoms with E-state index in [1.54, 1.807) is 12.1 Å². The highest BCUT2D eigenvalue weighted by atomic mass is 35.5. The molecule has 0 unspecified atom stereocenters. The predicted octanol–water partition coefficient (Wildman–Crippen LogP) is 8.55. The van der Waals surface area contributed by atoms with Crippen LogP contribution in [0, 0.1) is 12.7 Å². The van der Waals surface area contributed by atoms with E-state index >= 15 is 0 Å². The molecule has 0 N–H and O–H groups in total. The molecule has 6 rings (SSSR count). The van der Waals surface area contributed by atoms with E-state index in [0.29, 0.717) is 20.8 Å². The highest BCUT2D eigenvalue weighted by Crippen LogP contribution is 2.55. The Kier molecular flexibility index (Phi) is 5.88. The topological polar surface area (TPSA) is 43.6 Å². The van der Waals surface area contributed by atoms with Crippen molar-refractivity contribution in [1.82, 2.24) is 20.0 Å². The second kappa shape index (κ2) is 8.96. The van der Waals surface area contributed by atoms with E-state index < -0.39 is 0 Å². The van der Waals surface area contributed by atoms with Gasteiger partial charge in [-0.1, -0.05) is 70.4 Å². The molecule has 4 nitrogen and oxygen atoms in total. The van der Waals surface area contributed by atoms with Gasteiger partial charge < -0.3 is 0 Å². The quantitative estimate of drug-likeness (QED) is 0.218. The summed E-state index contributed by atoms with van der Waals surface area (Å²) in [7, 11) is 0. The molecule has 0 radical (unpaired) electrons. The fourth-order valence-electron chi connectivity index (χ4n) is 4.51. The smallest absolute Gasteiger partial charge is 0.168 e. The minimum absolute atomic E-state index is 0.210. The van der Waals surface area contributed by atoms with Crippen molar-refractivity contribution in [2.45, 2.75) is 25.2 Å². The number of halogens is 4. The van der Waals surface area contributed by atoms with E-state index in [4.69, 9.17) is 39.9 Å². The first-order chi connectivity index (χ1) is 17.4. The second-order valence-electron chi connectivity index (χ2n) is 8.84. The van der Waals surface area contributed by atoms with Gasteiger partial charge in [0, 0.05) is 26.6 Å². The molecule has 2 aromatic heterocycles. The Morgan fingerprint density at radius 3 is 2.25 bits per heavy atom. The van der Waals surface area contributed by atoms with E-state index in [-0.39, 0.29) is 11.2 Å². The molecule has 0 spiro atoms. The molecule has 0 aliphatic heterocycles. The summed E-state index contributed by atoms with van der Waals surface area (Å²) >= 11 is 20.4. The molecule has 1 saturated carbocycles. The third-order valence-electron chi connectivity index (χ3n) is 6.56. The maximum atomic E-state index is 13.5. The summed E-state index contributed by atoms with van der Waals surface area (Å²) in [6.07, 6.45) is 1.91. The summed E-state index contributed by atoms with van der Waals surface area (Å²) < 4.78 is 15.3. The third-order valence-corrected chi connectivity index (χ3v) is 8.49. The lowest BCUT2D eigenvalue weighted by atomic mass is 9.97. The van der Waals surface area contributed by atoms with Crippen LogP contribution in [-0.2, 0) is 5.41 Å². The first-order valence-corrected chi connectivity index (χ1v) is 13.2. The number of rotatable bonds is 5. The molecule has 1 aliphatic rings. The van der Waals surface area contributed by atoms with Gasteiger partial charge in [-0.25, -0.2) is 9.07 Å². The van der Waals surface area contributed by atoms with Crippen LogP contribution in [0.1, 0.15) is 29.0 Å². The van der Waals surface area contributed by atoms with Crippen LogP contribution < -0.4 is 0 Å². The van der Waals surface area contributed by atoms with Crippen molar-refractivity contribution in [3.63, 3.8) is 0 Å². The van der Waals surface area contributed by atoms with Gasteiger partial charge in [-0.3, -0.25) is 0 Å². The standard InChI is InChI=1S/C27H18Cl3FN4S/c1-15-23(25-32-33-26(36-25)27(12-13-27)17-4-9-20(31)10-5-17)34-35(22-11-8-19(29)14-21(22)30)24(15)16-2-6-18(28)7-3-16/h2-11,14H,12-13H2,1H3. The molecule has 9 heteroatoms. The van der Waals surface area contributed by atoms with Crippen molar-refractivity contribution < 1.29 is 4.39 Å². The number of hydrogen-bond donors (Lipinski definition) is 0. The van der Waals surface area contributed by atoms with Crippen molar-refractivity contribution >= 4 is 46.1 Å². The lowest BCUT2D eigenvalue weighted by molar-refractivity contribution is 0.626. The van der Waals surface area contributed by atoms with Crippen LogP contribution in [0.25, 0.3) is 27.6 Å². The monoisotopic (exact) mass is 554 g/mol. The molecule has 1 fully saturated rings. The Morgan fingerprint density at radius 2 is 1.58 bits per heavy atom. The van der Waals surface area contributed by atoms with Crippen molar-refractivity contribution in [2.75, 3.05) is 0 Å². The summed E-state index contributed by atoms with van der Waals surface area (Å²) in [5.74, 6) is -0.246. The maximum Gasteiger partial charge on any atom is 0.168 e. The van der Waals surface area contributed by atoms with Gasteiger partial charge >= 0.3 is 0 Å². The molecule has 5 aromatic rings. The van der Waals surface area contributed by atoms with Crippen LogP contribution in [0.4, 0.5) is 4.39 Å². The highest BCUT2D eigenvalue weighted by Gasteiger charge is 2.49. The van der Waals surface area contributed by atoms with Crippen molar-refractivity contribution in [2.24, 2.45) is 0 Å². The molecule has 3 aromatic carbocycles. The van der Waals surface area contributed by atoms with E-state index in [9.17, 15) is 4.39 Å². The van der Waals surface area contributed by atoms with Gasteiger partial charge in [-0.2, -0.15) is 5.10 Å². The SMILES string of the molecule is Cc1c(-c2nnc(C3(c4ccc(F)cc4)CC3)s2)nn(-c2ccc(Cl)cc2Cl)c1-c1ccc(Cl)cc1. The molecule has 0 bridgehead atoms. The molecule has 0 amide bonds. The van der Waals surface area contributed by atoms with Gasteiger partial charge in [0.05, 0.1) is 16.4 Å². The van der Waals surface area contributed by atoms with Crippen LogP contribution >= 0.6 is 46.1 Å². The molecule has 36 heavy (non-hydrogen) atoms. The molecule has 0 atom stereocenters. The van der Waals surface area contributed by atoms with Crippen LogP contribution in [0.2, 0.25) is 15.1 Å². The molecule has 1 aliphatic carbocycles. The summed E-state index contributed by atoms with van der Waals surface area (Å²) in [4.78, 5) is 0. The van der Waals surface area contributed by atoms with E-state index in [0.717, 1.165) is 50.9 Å². The summed E-state index contributed by atoms with van der Waals surface area (Å²) in [5.41, 5.74) is 5.04. The van der Waals surface area contributed by atoms with E-state index in [2.05, 4.69) is 10.2 Å². The third kappa shape index (κ3) is 4.02. The molecule has 2 heterocycles. The minimum atomic E-state index is -0.246. The number of aromatic nitrogens is 4. The lowest BCUT2D eigenvalue weighted by Crippen LogP contribution is -2.08. The Morgan fingerprint density at radius 1 is 0.889 bits per heavy atom. The summed E-state index contributed by atoms with van der Waals surface area (Å²) in [6, 6.07) is 19.6. The van der Waals surface area contributed by atoms with E-state index in [1.165, 1.54) is 23.5 Å². The number of benzene rings is 3. The molecule has 180 valence electrons. The first-order valence-electron chi connectivity index (χ1n) is 11.3. The molecule has 0 saturated heterocycles. The normalized spacial score (nSPS) is 14.2. The van der Waals surface area contributed by atoms with Gasteiger partial charge in [0.25, 0.3) is 0 Å². The zero-order valence-corrected chi connectivity index (χ0v) is 22.1. The largest absolute Gasteiger partial charge is 0.231 e. The molecular weight excluding hydrogens is 538 g/mol. The minimum Gasteiger partial charge on any atom is -0.231 e. The lowest BCUT2D eigenvalue weighted by Gasteiger charge is -2.11. The Bertz CT molecular complexity index is 1590. The van der Waals surface area contributed by atoms with Crippen molar-refractivity contribution in [3.8, 4) is 27.6 Å². The Labute approximate surface area is 226 Å². The number of hydrogen-bond acceptors (Lipinski definition) is 4. The molecular formula is C27H18Cl3FN4S. The van der Waals surface area contributed by atoms with Gasteiger partial charge in [-0.15, -0.1) is 10.2 Å². The fourth-order valence-corrected chi connectivity index (χ4v) is 6.27. The Hall–Kier alpha value is -2.77. The number of nitrogens with zero attached hydrogens (tertiary/aromatic N) is 4. The van der Waals surface area contributed by atoms with Crippen LogP contribution in [0.15, 0.2) is 66.7 Å². The maximum absolute atomic E-state index is 13.5. The van der Waals surface area contributed by atoms with Gasteiger partial charge in [0.15, 0.2) is 5.01 Å². The van der Waals surface area contributed by atoms with Crippen LogP contribution in [0.5, 0.6) is 0 Å². The summed E-state index contributed by atoms with van der Waals surface area (Å²) in [6.45, 7) is 2.01. The van der Waals surface area contributed by atoms with Gasteiger partial charge in [-0.05, 0) is 67.8 Å². The van der Waals surface area contributed by atoms with Gasteiger partial charge in [0.1, 0.15) is 16.5 Å². The van der Waals surface area contributed by atoms with E-state index in [1.807, 2.05) is 54.1 Å². The predicted molar refractivity (Wildman–Crippen MR) is 144 cm³/mol. The van der Waals surface area contributed by atoms with Crippen LogP contribution in [0.3, 0.4) is 0 Å². The van der Waals surface area contributed by atoms with Crippen LogP contribution in [-0.4, -0.2) is 20.0 Å². The average molecular weight is 556 g/mol. The second-order valence-corrected chi connectivity index (χ2v) is 11.1. The van der Waals surface area contributed by atoms with Gasteiger partial charge in [0.2, 0.25) is 0 Å². The summed E-state index contributed by atoms with van der Waals surface area (Å²) in [5, 5.41) is 17.4. The highest BCUT2D eigenvalue weighted by molar-refractivity contribution is 7.14. The average Bonchev–Trinajstić information content (AvgIpc) is 3.39. The van der Waals surface area contributed by atoms with Crippen molar-refractivity contribution in [3.05, 3.63) is 104 Å². The fraction of sp³-hybridized carbons (Fsp3) is 0.148. The zero-order chi connectivity index (χ0) is 25.0.